The van der Waals surface area contributed by atoms with Gasteiger partial charge in [-0.05, 0) is 52.9 Å². The van der Waals surface area contributed by atoms with E-state index in [4.69, 9.17) is 4.74 Å². The van der Waals surface area contributed by atoms with E-state index in [1.165, 1.54) is 13.2 Å². The number of carbonyl (C=O) groups excluding carboxylic acids is 2. The molecule has 0 aliphatic heterocycles. The van der Waals surface area contributed by atoms with Crippen molar-refractivity contribution in [2.45, 2.75) is 31.8 Å². The Morgan fingerprint density at radius 3 is 2.30 bits per heavy atom. The number of H-pyrrole nitrogens is 1. The highest BCUT2D eigenvalue weighted by Crippen LogP contribution is 2.22. The van der Waals surface area contributed by atoms with Gasteiger partial charge < -0.3 is 25.5 Å². The average molecular weight is 594 g/mol. The fourth-order valence-corrected chi connectivity index (χ4v) is 5.12. The van der Waals surface area contributed by atoms with E-state index < -0.39 is 35.7 Å². The van der Waals surface area contributed by atoms with E-state index in [1.54, 1.807) is 6.20 Å². The highest BCUT2D eigenvalue weighted by molar-refractivity contribution is 5.98. The standard InChI is InChI=1S/C35H32FN3O5/c1-21-8-13-29-26(20-37-30(29)14-21)18-32(35(42)43)39-34(41)31(38-33(40)25-16-27(36)19-28(17-25)44-2)15-22-9-11-24(12-10-22)23-6-4-3-5-7-23/h3-14,16-17,19-20,31-32,37H,15,18H2,1-2H3,(H,38,40)(H,39,41)(H,42,43)/t31-,32+/m1/s1. The van der Waals surface area contributed by atoms with Crippen LogP contribution in [0.2, 0.25) is 0 Å². The smallest absolute Gasteiger partial charge is 0.326 e. The molecule has 0 unspecified atom stereocenters. The molecule has 2 atom stereocenters. The van der Waals surface area contributed by atoms with Crippen molar-refractivity contribution < 1.29 is 28.6 Å². The van der Waals surface area contributed by atoms with Crippen molar-refractivity contribution in [3.05, 3.63) is 125 Å². The van der Waals surface area contributed by atoms with Gasteiger partial charge in [-0.1, -0.05) is 66.7 Å². The summed E-state index contributed by atoms with van der Waals surface area (Å²) in [6.45, 7) is 1.96. The van der Waals surface area contributed by atoms with Gasteiger partial charge in [-0.15, -0.1) is 0 Å². The summed E-state index contributed by atoms with van der Waals surface area (Å²) in [4.78, 5) is 42.3. The molecule has 0 aliphatic rings. The summed E-state index contributed by atoms with van der Waals surface area (Å²) in [6.07, 6.45) is 1.83. The SMILES string of the molecule is COc1cc(F)cc(C(=O)N[C@H](Cc2ccc(-c3ccccc3)cc2)C(=O)N[C@@H](Cc2c[nH]c3cc(C)ccc23)C(=O)O)c1. The highest BCUT2D eigenvalue weighted by Gasteiger charge is 2.28. The zero-order chi connectivity index (χ0) is 31.2. The Morgan fingerprint density at radius 2 is 1.59 bits per heavy atom. The van der Waals surface area contributed by atoms with E-state index in [1.807, 2.05) is 79.7 Å². The molecule has 224 valence electrons. The number of nitrogens with one attached hydrogen (secondary N) is 3. The summed E-state index contributed by atoms with van der Waals surface area (Å²) < 4.78 is 19.2. The number of carbonyl (C=O) groups is 3. The first-order valence-corrected chi connectivity index (χ1v) is 14.1. The number of amides is 2. The molecule has 4 aromatic carbocycles. The first-order chi connectivity index (χ1) is 21.2. The summed E-state index contributed by atoms with van der Waals surface area (Å²) in [5.41, 5.74) is 5.36. The van der Waals surface area contributed by atoms with Crippen LogP contribution in [0.5, 0.6) is 5.75 Å². The molecule has 8 nitrogen and oxygen atoms in total. The molecule has 44 heavy (non-hydrogen) atoms. The lowest BCUT2D eigenvalue weighted by molar-refractivity contribution is -0.142. The second-order valence-electron chi connectivity index (χ2n) is 10.6. The van der Waals surface area contributed by atoms with Crippen LogP contribution in [-0.4, -0.2) is 47.1 Å². The van der Waals surface area contributed by atoms with Gasteiger partial charge in [0.25, 0.3) is 5.91 Å². The van der Waals surface area contributed by atoms with Crippen LogP contribution in [-0.2, 0) is 22.4 Å². The zero-order valence-corrected chi connectivity index (χ0v) is 24.3. The van der Waals surface area contributed by atoms with Crippen molar-refractivity contribution in [2.24, 2.45) is 0 Å². The fraction of sp³-hybridized carbons (Fsp3) is 0.171. The van der Waals surface area contributed by atoms with E-state index in [2.05, 4.69) is 15.6 Å². The molecule has 0 radical (unpaired) electrons. The maximum absolute atomic E-state index is 14.2. The number of hydrogen-bond acceptors (Lipinski definition) is 4. The Kier molecular flexibility index (Phi) is 9.04. The number of benzene rings is 4. The van der Waals surface area contributed by atoms with Crippen molar-refractivity contribution in [1.29, 1.82) is 0 Å². The van der Waals surface area contributed by atoms with Gasteiger partial charge in [0.2, 0.25) is 5.91 Å². The molecule has 0 fully saturated rings. The molecule has 0 bridgehead atoms. The van der Waals surface area contributed by atoms with Crippen LogP contribution in [0.25, 0.3) is 22.0 Å². The number of carboxylic acids is 1. The lowest BCUT2D eigenvalue weighted by Crippen LogP contribution is -2.53. The molecule has 2 amide bonds. The molecular weight excluding hydrogens is 561 g/mol. The van der Waals surface area contributed by atoms with E-state index in [0.29, 0.717) is 0 Å². The number of fused-ring (bicyclic) bond motifs is 1. The third-order valence-electron chi connectivity index (χ3n) is 7.45. The molecule has 0 saturated carbocycles. The second kappa shape index (κ2) is 13.2. The zero-order valence-electron chi connectivity index (χ0n) is 24.3. The third kappa shape index (κ3) is 7.12. The molecule has 0 saturated heterocycles. The van der Waals surface area contributed by atoms with Crippen molar-refractivity contribution in [1.82, 2.24) is 15.6 Å². The molecule has 5 rings (SSSR count). The Balaban J connectivity index is 1.39. The molecule has 4 N–H and O–H groups in total. The Bertz CT molecular complexity index is 1800. The Labute approximate surface area is 253 Å². The molecule has 0 spiro atoms. The van der Waals surface area contributed by atoms with Crippen LogP contribution in [0.15, 0.2) is 97.2 Å². The topological polar surface area (TPSA) is 121 Å². The minimum Gasteiger partial charge on any atom is -0.497 e. The predicted molar refractivity (Wildman–Crippen MR) is 166 cm³/mol. The summed E-state index contributed by atoms with van der Waals surface area (Å²) in [5.74, 6) is -3.13. The van der Waals surface area contributed by atoms with Crippen LogP contribution < -0.4 is 15.4 Å². The van der Waals surface area contributed by atoms with Gasteiger partial charge >= 0.3 is 5.97 Å². The average Bonchev–Trinajstić information content (AvgIpc) is 3.42. The largest absolute Gasteiger partial charge is 0.497 e. The third-order valence-corrected chi connectivity index (χ3v) is 7.45. The lowest BCUT2D eigenvalue weighted by atomic mass is 9.99. The number of aromatic amines is 1. The lowest BCUT2D eigenvalue weighted by Gasteiger charge is -2.22. The van der Waals surface area contributed by atoms with Crippen LogP contribution >= 0.6 is 0 Å². The van der Waals surface area contributed by atoms with Gasteiger partial charge in [0.15, 0.2) is 0 Å². The van der Waals surface area contributed by atoms with E-state index >= 15 is 0 Å². The Hall–Kier alpha value is -5.44. The van der Waals surface area contributed by atoms with E-state index in [9.17, 15) is 23.9 Å². The number of methoxy groups -OCH3 is 1. The molecule has 5 aromatic rings. The summed E-state index contributed by atoms with van der Waals surface area (Å²) in [6, 6.07) is 24.2. The van der Waals surface area contributed by atoms with Crippen molar-refractivity contribution in [2.75, 3.05) is 7.11 Å². The number of aromatic nitrogens is 1. The van der Waals surface area contributed by atoms with Crippen LogP contribution in [0.4, 0.5) is 4.39 Å². The summed E-state index contributed by atoms with van der Waals surface area (Å²) >= 11 is 0. The number of aryl methyl sites for hydroxylation is 1. The first-order valence-electron chi connectivity index (χ1n) is 14.1. The maximum Gasteiger partial charge on any atom is 0.326 e. The van der Waals surface area contributed by atoms with Crippen LogP contribution in [0.3, 0.4) is 0 Å². The van der Waals surface area contributed by atoms with Gasteiger partial charge in [0.1, 0.15) is 23.7 Å². The van der Waals surface area contributed by atoms with E-state index in [0.717, 1.165) is 50.9 Å². The minimum absolute atomic E-state index is 0.0255. The van der Waals surface area contributed by atoms with Crippen molar-refractivity contribution in [3.63, 3.8) is 0 Å². The van der Waals surface area contributed by atoms with Gasteiger partial charge in [0.05, 0.1) is 7.11 Å². The monoisotopic (exact) mass is 593 g/mol. The number of aliphatic carboxylic acids is 1. The quantitative estimate of drug-likeness (QED) is 0.163. The number of halogens is 1. The number of carboxylic acid groups (broad SMARTS) is 1. The molecule has 9 heteroatoms. The van der Waals surface area contributed by atoms with Gasteiger partial charge in [0, 0.05) is 41.6 Å². The molecule has 0 aliphatic carbocycles. The van der Waals surface area contributed by atoms with Crippen LogP contribution in [0, 0.1) is 12.7 Å². The molecule has 1 heterocycles. The van der Waals surface area contributed by atoms with Gasteiger partial charge in [-0.3, -0.25) is 9.59 Å². The number of rotatable bonds is 11. The van der Waals surface area contributed by atoms with Crippen molar-refractivity contribution >= 4 is 28.7 Å². The predicted octanol–water partition coefficient (Wildman–Crippen LogP) is 5.44. The molecule has 1 aromatic heterocycles. The number of ether oxygens (including phenoxy) is 1. The first kappa shape index (κ1) is 30.0. The minimum atomic E-state index is -1.27. The summed E-state index contributed by atoms with van der Waals surface area (Å²) in [5, 5.41) is 16.2. The van der Waals surface area contributed by atoms with Crippen molar-refractivity contribution in [3.8, 4) is 16.9 Å². The van der Waals surface area contributed by atoms with Gasteiger partial charge in [-0.2, -0.15) is 0 Å². The Morgan fingerprint density at radius 1 is 0.864 bits per heavy atom. The van der Waals surface area contributed by atoms with E-state index in [-0.39, 0.29) is 24.2 Å². The number of hydrogen-bond donors (Lipinski definition) is 4. The highest BCUT2D eigenvalue weighted by atomic mass is 19.1. The second-order valence-corrected chi connectivity index (χ2v) is 10.6. The maximum atomic E-state index is 14.2. The van der Waals surface area contributed by atoms with Gasteiger partial charge in [-0.25, -0.2) is 9.18 Å². The fourth-order valence-electron chi connectivity index (χ4n) is 5.12. The normalized spacial score (nSPS) is 12.3. The molecular formula is C35H32FN3O5. The summed E-state index contributed by atoms with van der Waals surface area (Å²) in [7, 11) is 1.35. The van der Waals surface area contributed by atoms with Crippen LogP contribution in [0.1, 0.15) is 27.0 Å².